The van der Waals surface area contributed by atoms with Crippen molar-refractivity contribution in [1.29, 1.82) is 0 Å². The van der Waals surface area contributed by atoms with Crippen molar-refractivity contribution in [1.82, 2.24) is 19.4 Å². The van der Waals surface area contributed by atoms with Crippen LogP contribution in [0.2, 0.25) is 0 Å². The lowest BCUT2D eigenvalue weighted by molar-refractivity contribution is 0.0692. The number of carbonyl (C=O) groups excluding carboxylic acids is 1. The summed E-state index contributed by atoms with van der Waals surface area (Å²) in [6.07, 6.45) is 0.594. The van der Waals surface area contributed by atoms with Crippen molar-refractivity contribution in [2.75, 3.05) is 31.9 Å². The maximum Gasteiger partial charge on any atom is 0.271 e. The number of benzene rings is 1. The molecule has 1 aliphatic heterocycles. The Morgan fingerprint density at radius 2 is 1.81 bits per heavy atom. The van der Waals surface area contributed by atoms with E-state index in [1.54, 1.807) is 11.0 Å². The van der Waals surface area contributed by atoms with Crippen LogP contribution in [-0.2, 0) is 10.0 Å². The summed E-state index contributed by atoms with van der Waals surface area (Å²) in [5.74, 6) is 0.00556. The minimum atomic E-state index is -3.21. The summed E-state index contributed by atoms with van der Waals surface area (Å²) >= 11 is 0. The lowest BCUT2D eigenvalue weighted by atomic mass is 10.0. The minimum absolute atomic E-state index is 0.148. The molecule has 0 aliphatic carbocycles. The van der Waals surface area contributed by atoms with Crippen LogP contribution in [0.15, 0.2) is 24.3 Å². The lowest BCUT2D eigenvalue weighted by Crippen LogP contribution is -2.51. The summed E-state index contributed by atoms with van der Waals surface area (Å²) in [6.45, 7) is 7.41. The molecule has 1 N–H and O–H groups in total. The number of amides is 1. The van der Waals surface area contributed by atoms with Crippen LogP contribution in [0.5, 0.6) is 0 Å². The van der Waals surface area contributed by atoms with Crippen LogP contribution in [0.3, 0.4) is 0 Å². The number of sulfonamides is 1. The van der Waals surface area contributed by atoms with Crippen LogP contribution < -0.4 is 0 Å². The van der Waals surface area contributed by atoms with Crippen LogP contribution in [0.25, 0.3) is 11.3 Å². The van der Waals surface area contributed by atoms with Crippen molar-refractivity contribution in [3.8, 4) is 11.3 Å². The van der Waals surface area contributed by atoms with E-state index in [9.17, 15) is 13.2 Å². The second-order valence-corrected chi connectivity index (χ2v) is 9.06. The second-order valence-electron chi connectivity index (χ2n) is 6.97. The zero-order valence-electron chi connectivity index (χ0n) is 16.0. The topological polar surface area (TPSA) is 86.4 Å². The van der Waals surface area contributed by atoms with Crippen LogP contribution in [0.4, 0.5) is 0 Å². The summed E-state index contributed by atoms with van der Waals surface area (Å²) in [5, 5.41) is 7.10. The largest absolute Gasteiger partial charge is 0.335 e. The Kier molecular flexibility index (Phi) is 5.67. The molecule has 1 aromatic carbocycles. The molecule has 0 bridgehead atoms. The number of rotatable bonds is 5. The van der Waals surface area contributed by atoms with E-state index >= 15 is 0 Å². The molecule has 1 amide bonds. The molecule has 2 aromatic rings. The molecule has 7 nitrogen and oxygen atoms in total. The third-order valence-electron chi connectivity index (χ3n) is 4.99. The first kappa shape index (κ1) is 19.6. The highest BCUT2D eigenvalue weighted by Crippen LogP contribution is 2.21. The molecule has 27 heavy (non-hydrogen) atoms. The van der Waals surface area contributed by atoms with Gasteiger partial charge < -0.3 is 4.90 Å². The van der Waals surface area contributed by atoms with Gasteiger partial charge in [0.2, 0.25) is 10.0 Å². The van der Waals surface area contributed by atoms with Crippen molar-refractivity contribution < 1.29 is 13.2 Å². The van der Waals surface area contributed by atoms with Gasteiger partial charge in [-0.05, 0) is 43.5 Å². The summed E-state index contributed by atoms with van der Waals surface area (Å²) in [5.41, 5.74) is 4.50. The Bertz CT molecular complexity index is 928. The highest BCUT2D eigenvalue weighted by molar-refractivity contribution is 7.89. The van der Waals surface area contributed by atoms with Gasteiger partial charge in [0.05, 0.1) is 11.4 Å². The van der Waals surface area contributed by atoms with Gasteiger partial charge in [-0.25, -0.2) is 8.42 Å². The van der Waals surface area contributed by atoms with Gasteiger partial charge in [-0.2, -0.15) is 9.40 Å². The van der Waals surface area contributed by atoms with E-state index in [0.717, 1.165) is 11.3 Å². The van der Waals surface area contributed by atoms with E-state index in [1.807, 2.05) is 26.0 Å². The van der Waals surface area contributed by atoms with Gasteiger partial charge in [-0.1, -0.05) is 19.1 Å². The number of aryl methyl sites for hydroxylation is 2. The van der Waals surface area contributed by atoms with Gasteiger partial charge in [0.1, 0.15) is 5.69 Å². The normalized spacial score (nSPS) is 15.9. The Balaban J connectivity index is 1.67. The van der Waals surface area contributed by atoms with Crippen molar-refractivity contribution >= 4 is 15.9 Å². The van der Waals surface area contributed by atoms with Gasteiger partial charge in [-0.3, -0.25) is 9.89 Å². The molecule has 2 heterocycles. The van der Waals surface area contributed by atoms with E-state index in [1.165, 1.54) is 15.4 Å². The summed E-state index contributed by atoms with van der Waals surface area (Å²) in [4.78, 5) is 14.4. The van der Waals surface area contributed by atoms with Gasteiger partial charge in [0.15, 0.2) is 0 Å². The Morgan fingerprint density at radius 1 is 1.11 bits per heavy atom. The van der Waals surface area contributed by atoms with Gasteiger partial charge in [0.25, 0.3) is 5.91 Å². The average molecular weight is 391 g/mol. The average Bonchev–Trinajstić information content (AvgIpc) is 3.13. The minimum Gasteiger partial charge on any atom is -0.335 e. The van der Waals surface area contributed by atoms with Crippen molar-refractivity contribution in [3.05, 3.63) is 41.1 Å². The number of piperazine rings is 1. The number of nitrogens with zero attached hydrogens (tertiary/aromatic N) is 3. The van der Waals surface area contributed by atoms with Crippen molar-refractivity contribution in [2.24, 2.45) is 0 Å². The fourth-order valence-electron chi connectivity index (χ4n) is 3.21. The molecular formula is C19H26N4O3S. The number of carbonyl (C=O) groups is 1. The van der Waals surface area contributed by atoms with E-state index in [-0.39, 0.29) is 11.7 Å². The predicted octanol–water partition coefficient (Wildman–Crippen LogP) is 2.19. The molecule has 1 aliphatic rings. The lowest BCUT2D eigenvalue weighted by Gasteiger charge is -2.33. The Labute approximate surface area is 160 Å². The molecule has 1 saturated heterocycles. The van der Waals surface area contributed by atoms with Crippen molar-refractivity contribution in [2.45, 2.75) is 27.2 Å². The molecule has 0 saturated carbocycles. The van der Waals surface area contributed by atoms with E-state index < -0.39 is 10.0 Å². The number of hydrogen-bond acceptors (Lipinski definition) is 4. The molecule has 0 spiro atoms. The molecular weight excluding hydrogens is 364 g/mol. The Hall–Kier alpha value is -2.19. The van der Waals surface area contributed by atoms with Gasteiger partial charge in [0, 0.05) is 31.7 Å². The number of nitrogens with one attached hydrogen (secondary N) is 1. The fraction of sp³-hybridized carbons (Fsp3) is 0.474. The van der Waals surface area contributed by atoms with Gasteiger partial charge >= 0.3 is 0 Å². The molecule has 0 radical (unpaired) electrons. The molecule has 146 valence electrons. The van der Waals surface area contributed by atoms with Crippen molar-refractivity contribution in [3.63, 3.8) is 0 Å². The first-order valence-corrected chi connectivity index (χ1v) is 10.8. The molecule has 0 atom stereocenters. The third-order valence-corrected chi connectivity index (χ3v) is 7.07. The van der Waals surface area contributed by atoms with Gasteiger partial charge in [-0.15, -0.1) is 0 Å². The summed E-state index contributed by atoms with van der Waals surface area (Å²) in [7, 11) is -3.21. The van der Waals surface area contributed by atoms with Crippen LogP contribution in [0, 0.1) is 13.8 Å². The number of aromatic nitrogens is 2. The first-order chi connectivity index (χ1) is 12.8. The van der Waals surface area contributed by atoms with Crippen LogP contribution in [0.1, 0.15) is 35.0 Å². The second kappa shape index (κ2) is 7.82. The third kappa shape index (κ3) is 4.22. The SMILES string of the molecule is CCCS(=O)(=O)N1CCN(C(=O)c2cc(-c3ccc(C)c(C)c3)n[nH]2)CC1. The number of hydrogen-bond donors (Lipinski definition) is 1. The molecule has 8 heteroatoms. The summed E-state index contributed by atoms with van der Waals surface area (Å²) < 4.78 is 25.8. The first-order valence-electron chi connectivity index (χ1n) is 9.22. The predicted molar refractivity (Wildman–Crippen MR) is 105 cm³/mol. The van der Waals surface area contributed by atoms with E-state index in [2.05, 4.69) is 23.2 Å². The Morgan fingerprint density at radius 3 is 2.44 bits per heavy atom. The van der Waals surface area contributed by atoms with E-state index in [0.29, 0.717) is 38.3 Å². The standard InChI is InChI=1S/C19H26N4O3S/c1-4-11-27(25,26)23-9-7-22(8-10-23)19(24)18-13-17(20-21-18)16-6-5-14(2)15(3)12-16/h5-6,12-13H,4,7-11H2,1-3H3,(H,20,21). The molecule has 1 aromatic heterocycles. The van der Waals surface area contributed by atoms with Crippen LogP contribution >= 0.6 is 0 Å². The maximum atomic E-state index is 12.7. The van der Waals surface area contributed by atoms with E-state index in [4.69, 9.17) is 0 Å². The monoisotopic (exact) mass is 390 g/mol. The molecule has 1 fully saturated rings. The number of aromatic amines is 1. The maximum absolute atomic E-state index is 12.7. The molecule has 0 unspecified atom stereocenters. The molecule has 3 rings (SSSR count). The zero-order valence-corrected chi connectivity index (χ0v) is 16.8. The highest BCUT2D eigenvalue weighted by atomic mass is 32.2. The fourth-order valence-corrected chi connectivity index (χ4v) is 4.70. The smallest absolute Gasteiger partial charge is 0.271 e. The quantitative estimate of drug-likeness (QED) is 0.848. The van der Waals surface area contributed by atoms with Crippen LogP contribution in [-0.4, -0.2) is 65.7 Å². The number of H-pyrrole nitrogens is 1. The highest BCUT2D eigenvalue weighted by Gasteiger charge is 2.29. The zero-order chi connectivity index (χ0) is 19.6. The summed E-state index contributed by atoms with van der Waals surface area (Å²) in [6, 6.07) is 7.84.